The van der Waals surface area contributed by atoms with E-state index in [9.17, 15) is 0 Å². The number of hydrogen-bond acceptors (Lipinski definition) is 1. The van der Waals surface area contributed by atoms with Crippen LogP contribution in [0.25, 0.3) is 0 Å². The second-order valence-corrected chi connectivity index (χ2v) is 14.9. The molecule has 3 aromatic rings. The van der Waals surface area contributed by atoms with E-state index in [0.29, 0.717) is 6.61 Å². The molecule has 33 heavy (non-hydrogen) atoms. The highest BCUT2D eigenvalue weighted by Crippen LogP contribution is 2.50. The molecule has 0 amide bonds. The molecular formula is C31H34OSi. The van der Waals surface area contributed by atoms with Gasteiger partial charge in [-0.05, 0) is 35.2 Å². The van der Waals surface area contributed by atoms with E-state index in [-0.39, 0.29) is 0 Å². The highest BCUT2D eigenvalue weighted by atomic mass is 28.3. The van der Waals surface area contributed by atoms with Crippen molar-refractivity contribution in [2.24, 2.45) is 0 Å². The third kappa shape index (κ3) is 4.28. The lowest BCUT2D eigenvalue weighted by atomic mass is 9.64. The number of benzene rings is 3. The van der Waals surface area contributed by atoms with E-state index in [2.05, 4.69) is 124 Å². The molecule has 0 atom stereocenters. The SMILES string of the molecule is C=CCOc1c(C(C2=CCC=C2)(c2ccccc2)c2ccccc2)cc(C)cc1[Si](C)(C)C. The Hall–Kier alpha value is -3.10. The Morgan fingerprint density at radius 1 is 0.939 bits per heavy atom. The van der Waals surface area contributed by atoms with Crippen LogP contribution < -0.4 is 9.92 Å². The van der Waals surface area contributed by atoms with Crippen LogP contribution in [0.15, 0.2) is 109 Å². The zero-order valence-electron chi connectivity index (χ0n) is 20.3. The summed E-state index contributed by atoms with van der Waals surface area (Å²) in [5.74, 6) is 1.02. The van der Waals surface area contributed by atoms with E-state index in [1.54, 1.807) is 0 Å². The van der Waals surface area contributed by atoms with Crippen molar-refractivity contribution in [3.8, 4) is 5.75 Å². The van der Waals surface area contributed by atoms with Gasteiger partial charge in [-0.25, -0.2) is 0 Å². The number of allylic oxidation sites excluding steroid dienone is 4. The van der Waals surface area contributed by atoms with Crippen molar-refractivity contribution in [3.05, 3.63) is 132 Å². The molecule has 1 nitrogen and oxygen atoms in total. The Bertz CT molecular complexity index is 1140. The van der Waals surface area contributed by atoms with Crippen LogP contribution in [0.5, 0.6) is 5.75 Å². The van der Waals surface area contributed by atoms with Crippen molar-refractivity contribution in [2.75, 3.05) is 6.61 Å². The van der Waals surface area contributed by atoms with Gasteiger partial charge in [0.1, 0.15) is 12.4 Å². The van der Waals surface area contributed by atoms with Gasteiger partial charge in [0.25, 0.3) is 0 Å². The second-order valence-electron chi connectivity index (χ2n) is 9.82. The molecule has 0 bridgehead atoms. The number of aryl methyl sites for hydroxylation is 1. The normalized spacial score (nSPS) is 13.6. The van der Waals surface area contributed by atoms with Crippen molar-refractivity contribution in [1.29, 1.82) is 0 Å². The van der Waals surface area contributed by atoms with Crippen molar-refractivity contribution in [2.45, 2.75) is 38.4 Å². The first kappa shape index (κ1) is 23.1. The van der Waals surface area contributed by atoms with Gasteiger partial charge in [0.05, 0.1) is 13.5 Å². The summed E-state index contributed by atoms with van der Waals surface area (Å²) in [6.07, 6.45) is 9.72. The van der Waals surface area contributed by atoms with Crippen LogP contribution in [0.1, 0.15) is 28.7 Å². The van der Waals surface area contributed by atoms with Gasteiger partial charge < -0.3 is 4.74 Å². The molecule has 1 aliphatic carbocycles. The molecule has 0 spiro atoms. The molecule has 0 heterocycles. The molecule has 3 aromatic carbocycles. The van der Waals surface area contributed by atoms with Gasteiger partial charge in [0.2, 0.25) is 0 Å². The summed E-state index contributed by atoms with van der Waals surface area (Å²) in [7, 11) is -1.71. The topological polar surface area (TPSA) is 9.23 Å². The van der Waals surface area contributed by atoms with Gasteiger partial charge in [0, 0.05) is 5.56 Å². The maximum absolute atomic E-state index is 6.57. The predicted octanol–water partition coefficient (Wildman–Crippen LogP) is 7.33. The highest BCUT2D eigenvalue weighted by Gasteiger charge is 2.43. The van der Waals surface area contributed by atoms with Crippen LogP contribution in [-0.4, -0.2) is 14.7 Å². The van der Waals surface area contributed by atoms with Crippen LogP contribution in [-0.2, 0) is 5.41 Å². The van der Waals surface area contributed by atoms with E-state index >= 15 is 0 Å². The van der Waals surface area contributed by atoms with Crippen molar-refractivity contribution in [3.63, 3.8) is 0 Å². The van der Waals surface area contributed by atoms with E-state index in [1.807, 2.05) is 6.08 Å². The predicted molar refractivity (Wildman–Crippen MR) is 144 cm³/mol. The zero-order chi connectivity index (χ0) is 23.5. The first-order valence-corrected chi connectivity index (χ1v) is 15.3. The monoisotopic (exact) mass is 450 g/mol. The van der Waals surface area contributed by atoms with Crippen molar-refractivity contribution in [1.82, 2.24) is 0 Å². The molecule has 1 aliphatic rings. The minimum absolute atomic E-state index is 0.466. The fraction of sp³-hybridized carbons (Fsp3) is 0.226. The summed E-state index contributed by atoms with van der Waals surface area (Å²) >= 11 is 0. The van der Waals surface area contributed by atoms with Gasteiger partial charge >= 0.3 is 0 Å². The molecule has 4 rings (SSSR count). The maximum atomic E-state index is 6.57. The Morgan fingerprint density at radius 2 is 1.55 bits per heavy atom. The minimum Gasteiger partial charge on any atom is -0.489 e. The molecule has 0 saturated heterocycles. The lowest BCUT2D eigenvalue weighted by Crippen LogP contribution is -2.42. The molecule has 0 radical (unpaired) electrons. The third-order valence-corrected chi connectivity index (χ3v) is 8.40. The van der Waals surface area contributed by atoms with E-state index in [1.165, 1.54) is 33.0 Å². The summed E-state index contributed by atoms with van der Waals surface area (Å²) in [6.45, 7) is 13.8. The molecule has 0 aromatic heterocycles. The molecule has 0 N–H and O–H groups in total. The third-order valence-electron chi connectivity index (χ3n) is 6.41. The molecule has 168 valence electrons. The lowest BCUT2D eigenvalue weighted by molar-refractivity contribution is 0.358. The number of hydrogen-bond donors (Lipinski definition) is 0. The van der Waals surface area contributed by atoms with Gasteiger partial charge in [-0.1, -0.05) is 129 Å². The van der Waals surface area contributed by atoms with E-state index in [4.69, 9.17) is 4.74 Å². The largest absolute Gasteiger partial charge is 0.489 e. The number of ether oxygens (including phenoxy) is 1. The summed E-state index contributed by atoms with van der Waals surface area (Å²) in [5, 5.41) is 1.36. The van der Waals surface area contributed by atoms with Gasteiger partial charge in [-0.2, -0.15) is 0 Å². The summed E-state index contributed by atoms with van der Waals surface area (Å²) < 4.78 is 6.57. The van der Waals surface area contributed by atoms with Crippen molar-refractivity contribution >= 4 is 13.3 Å². The molecule has 0 aliphatic heterocycles. The maximum Gasteiger partial charge on any atom is 0.123 e. The summed E-state index contributed by atoms with van der Waals surface area (Å²) in [4.78, 5) is 0. The first-order chi connectivity index (χ1) is 15.9. The minimum atomic E-state index is -1.71. The molecule has 0 saturated carbocycles. The lowest BCUT2D eigenvalue weighted by Gasteiger charge is -2.39. The fourth-order valence-corrected chi connectivity index (χ4v) is 6.53. The van der Waals surface area contributed by atoms with Crippen molar-refractivity contribution < 1.29 is 4.74 Å². The average Bonchev–Trinajstić information content (AvgIpc) is 3.35. The van der Waals surface area contributed by atoms with Crippen LogP contribution in [0.4, 0.5) is 0 Å². The smallest absolute Gasteiger partial charge is 0.123 e. The fourth-order valence-electron chi connectivity index (χ4n) is 4.99. The van der Waals surface area contributed by atoms with Crippen LogP contribution in [0.3, 0.4) is 0 Å². The van der Waals surface area contributed by atoms with Crippen LogP contribution >= 0.6 is 0 Å². The van der Waals surface area contributed by atoms with Gasteiger partial charge in [0.15, 0.2) is 0 Å². The summed E-state index contributed by atoms with van der Waals surface area (Å²) in [5.41, 5.74) is 5.83. The number of rotatable bonds is 8. The van der Waals surface area contributed by atoms with Gasteiger partial charge in [-0.3, -0.25) is 0 Å². The molecule has 2 heteroatoms. The standard InChI is InChI=1S/C31H34OSi/c1-6-21-32-30-28(22-24(2)23-29(30)33(3,4)5)31(27-19-13-14-20-27,25-15-9-7-10-16-25)26-17-11-8-12-18-26/h6-13,15-20,22-23H,1,14,21H2,2-5H3. The second kappa shape index (κ2) is 9.41. The van der Waals surface area contributed by atoms with E-state index < -0.39 is 13.5 Å². The zero-order valence-corrected chi connectivity index (χ0v) is 21.3. The highest BCUT2D eigenvalue weighted by molar-refractivity contribution is 6.89. The molecular weight excluding hydrogens is 416 g/mol. The Kier molecular flexibility index (Phi) is 6.58. The molecule has 0 unspecified atom stereocenters. The first-order valence-electron chi connectivity index (χ1n) is 11.8. The Labute approximate surface area is 200 Å². The molecule has 0 fully saturated rings. The Balaban J connectivity index is 2.19. The van der Waals surface area contributed by atoms with E-state index in [0.717, 1.165) is 12.2 Å². The van der Waals surface area contributed by atoms with Crippen LogP contribution in [0, 0.1) is 6.92 Å². The summed E-state index contributed by atoms with van der Waals surface area (Å²) in [6, 6.07) is 26.5. The Morgan fingerprint density at radius 3 is 2.03 bits per heavy atom. The average molecular weight is 451 g/mol. The quantitative estimate of drug-likeness (QED) is 0.198. The van der Waals surface area contributed by atoms with Crippen LogP contribution in [0.2, 0.25) is 19.6 Å². The van der Waals surface area contributed by atoms with Gasteiger partial charge in [-0.15, -0.1) is 0 Å².